The van der Waals surface area contributed by atoms with Crippen molar-refractivity contribution in [2.45, 2.75) is 103 Å². The van der Waals surface area contributed by atoms with E-state index in [-0.39, 0.29) is 99.9 Å². The summed E-state index contributed by atoms with van der Waals surface area (Å²) in [5.74, 6) is -4.54. The number of ketones is 2. The highest BCUT2D eigenvalue weighted by Crippen LogP contribution is 2.46. The Hall–Kier alpha value is -9.60. The van der Waals surface area contributed by atoms with Crippen molar-refractivity contribution in [1.82, 2.24) is 21.3 Å². The number of alkyl carbamates (subject to hydrolysis) is 2. The lowest BCUT2D eigenvalue weighted by Crippen LogP contribution is -2.46. The first-order valence-electron chi connectivity index (χ1n) is 29.7. The maximum Gasteiger partial charge on any atom is 0.407 e. The molecule has 2 aliphatic rings. The third-order valence-corrected chi connectivity index (χ3v) is 15.5. The number of amides is 7. The minimum atomic E-state index is -1.11. The van der Waals surface area contributed by atoms with Gasteiger partial charge in [-0.15, -0.1) is 0 Å². The van der Waals surface area contributed by atoms with Crippen LogP contribution in [0.25, 0.3) is 22.3 Å². The molecule has 0 bridgehead atoms. The van der Waals surface area contributed by atoms with E-state index in [1.165, 1.54) is 0 Å². The molecule has 0 aromatic heterocycles. The van der Waals surface area contributed by atoms with Crippen LogP contribution in [0.1, 0.15) is 111 Å². The average Bonchev–Trinajstić information content (AvgIpc) is 1.69. The highest BCUT2D eigenvalue weighted by molar-refractivity contribution is 5.97. The number of Topliss-reactive ketones (excluding diaryl/α,β-unsaturated/α-hetero) is 2. The van der Waals surface area contributed by atoms with E-state index in [4.69, 9.17) is 31.8 Å². The molecule has 0 saturated heterocycles. The largest absolute Gasteiger partial charge is 0.481 e. The molecule has 6 aromatic rings. The number of primary amides is 2. The SMILES string of the molecule is CC(C)[C@H](NC(=O)OCC1c2ccccc2-c2ccccc21)C(=O)C[C@@H](CCCNC(N)=O)C(=O)Nc1ccc(CO)cc1.CC(C)[C@H](NC(=O)OCC1c2ccccc2-c2ccccc21)C(=O)C[C@@H](CCCNC(N)=O)C(=O)O.Nc1ccc(CO)cc1. The fourth-order valence-electron chi connectivity index (χ4n) is 10.8. The number of rotatable bonds is 27. The summed E-state index contributed by atoms with van der Waals surface area (Å²) in [5.41, 5.74) is 27.2. The summed E-state index contributed by atoms with van der Waals surface area (Å²) in [6.07, 6.45) is -0.499. The standard InChI is InChI=1S/C34H40N4O6.C27H33N3O6.C7H9NO/c1-21(2)31(38-34(43)44-20-29-27-11-5-3-9-25(27)26-10-4-6-12-28(26)29)30(40)18-23(8-7-17-36-33(35)42)32(41)37-24-15-13-22(19-39)14-16-24;1-16(2)24(23(31)14-17(25(32)33)8-7-13-29-26(28)34)30-27(35)36-15-22-20-11-5-3-9-18(20)19-10-4-6-12-21(19)22;8-7-3-1-6(5-9)2-4-7/h3-6,9-16,21,23,29,31,39H,7-8,17-20H2,1-2H3,(H,37,41)(H,38,43)(H3,35,36,42);3-6,9-12,16-17,22,24H,7-8,13-15H2,1-2H3,(H,30,35)(H,32,33)(H3,28,29,34);1-4,9H,5,8H2/t23-,31+;17-,24+;/m11./s1. The summed E-state index contributed by atoms with van der Waals surface area (Å²) >= 11 is 0. The van der Waals surface area contributed by atoms with Gasteiger partial charge in [-0.2, -0.15) is 0 Å². The molecule has 0 unspecified atom stereocenters. The number of hydrogen-bond acceptors (Lipinski definition) is 13. The number of carboxylic acid groups (broad SMARTS) is 1. The van der Waals surface area contributed by atoms with E-state index < -0.39 is 54.1 Å². The first kappa shape index (κ1) is 68.5. The molecule has 89 heavy (non-hydrogen) atoms. The number of carbonyl (C=O) groups is 8. The van der Waals surface area contributed by atoms with Crippen molar-refractivity contribution >= 4 is 59.1 Å². The number of nitrogens with two attached hydrogens (primary N) is 3. The van der Waals surface area contributed by atoms with Crippen LogP contribution in [0.2, 0.25) is 0 Å². The number of nitrogens with one attached hydrogen (secondary N) is 5. The number of aliphatic hydroxyl groups excluding tert-OH is 2. The first-order valence-corrected chi connectivity index (χ1v) is 29.7. The Bertz CT molecular complexity index is 3280. The maximum absolute atomic E-state index is 13.5. The van der Waals surface area contributed by atoms with Crippen LogP contribution in [0.15, 0.2) is 146 Å². The highest BCUT2D eigenvalue weighted by Gasteiger charge is 2.34. The Morgan fingerprint density at radius 1 is 0.494 bits per heavy atom. The fraction of sp³-hybridized carbons (Fsp3) is 0.353. The number of benzene rings is 6. The van der Waals surface area contributed by atoms with Crippen molar-refractivity contribution in [3.63, 3.8) is 0 Å². The lowest BCUT2D eigenvalue weighted by atomic mass is 9.89. The van der Waals surface area contributed by atoms with Crippen molar-refractivity contribution in [2.75, 3.05) is 37.4 Å². The highest BCUT2D eigenvalue weighted by atomic mass is 16.6. The predicted molar refractivity (Wildman–Crippen MR) is 339 cm³/mol. The molecule has 7 amide bonds. The van der Waals surface area contributed by atoms with Gasteiger partial charge in [0, 0.05) is 55.1 Å². The molecule has 14 N–H and O–H groups in total. The van der Waals surface area contributed by atoms with Crippen molar-refractivity contribution in [2.24, 2.45) is 35.1 Å². The van der Waals surface area contributed by atoms with E-state index in [2.05, 4.69) is 38.7 Å². The zero-order valence-electron chi connectivity index (χ0n) is 50.6. The van der Waals surface area contributed by atoms with Crippen molar-refractivity contribution in [3.05, 3.63) is 179 Å². The van der Waals surface area contributed by atoms with Crippen molar-refractivity contribution < 1.29 is 63.1 Å². The molecule has 472 valence electrons. The first-order chi connectivity index (χ1) is 42.7. The van der Waals surface area contributed by atoms with E-state index in [1.54, 1.807) is 62.4 Å². The zero-order chi connectivity index (χ0) is 64.6. The second-order valence-electron chi connectivity index (χ2n) is 22.6. The number of aliphatic hydroxyl groups is 2. The second kappa shape index (κ2) is 34.1. The van der Waals surface area contributed by atoms with Crippen LogP contribution in [0, 0.1) is 23.7 Å². The Kier molecular flexibility index (Phi) is 26.2. The number of fused-ring (bicyclic) bond motifs is 6. The Morgan fingerprint density at radius 2 is 0.843 bits per heavy atom. The van der Waals surface area contributed by atoms with Crippen LogP contribution in [-0.4, -0.2) is 101 Å². The van der Waals surface area contributed by atoms with Gasteiger partial charge in [-0.1, -0.05) is 149 Å². The zero-order valence-corrected chi connectivity index (χ0v) is 50.6. The molecule has 0 aliphatic heterocycles. The molecule has 0 spiro atoms. The van der Waals surface area contributed by atoms with Gasteiger partial charge in [0.2, 0.25) is 5.91 Å². The van der Waals surface area contributed by atoms with Crippen LogP contribution in [0.3, 0.4) is 0 Å². The van der Waals surface area contributed by atoms with Crippen LogP contribution in [0.5, 0.6) is 0 Å². The Balaban J connectivity index is 0.000000252. The summed E-state index contributed by atoms with van der Waals surface area (Å²) in [6.45, 7) is 7.86. The average molecular weight is 1220 g/mol. The lowest BCUT2D eigenvalue weighted by Gasteiger charge is -2.24. The normalized spacial score (nSPS) is 13.2. The molecular formula is C68H82N8O13. The molecule has 8 rings (SSSR count). The van der Waals surface area contributed by atoms with Crippen LogP contribution < -0.4 is 43.8 Å². The number of urea groups is 2. The van der Waals surface area contributed by atoms with Gasteiger partial charge in [-0.05, 0) is 117 Å². The smallest absolute Gasteiger partial charge is 0.407 e. The molecule has 2 aliphatic carbocycles. The quantitative estimate of drug-likeness (QED) is 0.0169. The second-order valence-corrected chi connectivity index (χ2v) is 22.6. The number of aliphatic carboxylic acids is 1. The molecule has 0 heterocycles. The van der Waals surface area contributed by atoms with Gasteiger partial charge in [0.15, 0.2) is 11.6 Å². The van der Waals surface area contributed by atoms with E-state index >= 15 is 0 Å². The van der Waals surface area contributed by atoms with Gasteiger partial charge in [0.05, 0.1) is 31.2 Å². The minimum Gasteiger partial charge on any atom is -0.481 e. The minimum absolute atomic E-state index is 0.0836. The summed E-state index contributed by atoms with van der Waals surface area (Å²) in [7, 11) is 0. The molecule has 6 aromatic carbocycles. The van der Waals surface area contributed by atoms with Crippen molar-refractivity contribution in [1.29, 1.82) is 0 Å². The number of carbonyl (C=O) groups excluding carboxylic acids is 7. The topological polar surface area (TPSA) is 354 Å². The predicted octanol–water partition coefficient (Wildman–Crippen LogP) is 9.12. The van der Waals surface area contributed by atoms with Crippen LogP contribution in [0.4, 0.5) is 30.6 Å². The van der Waals surface area contributed by atoms with E-state index in [1.807, 2.05) is 98.8 Å². The van der Waals surface area contributed by atoms with Crippen LogP contribution >= 0.6 is 0 Å². The number of nitrogen functional groups attached to an aromatic ring is 1. The summed E-state index contributed by atoms with van der Waals surface area (Å²) in [4.78, 5) is 98.9. The van der Waals surface area contributed by atoms with Crippen LogP contribution in [-0.2, 0) is 41.9 Å². The summed E-state index contributed by atoms with van der Waals surface area (Å²) in [6, 6.07) is 42.8. The Labute approximate surface area is 518 Å². The van der Waals surface area contributed by atoms with Gasteiger partial charge < -0.3 is 68.6 Å². The molecule has 0 saturated carbocycles. The van der Waals surface area contributed by atoms with Gasteiger partial charge >= 0.3 is 30.2 Å². The van der Waals surface area contributed by atoms with E-state index in [0.29, 0.717) is 30.5 Å². The van der Waals surface area contributed by atoms with E-state index in [9.17, 15) is 48.6 Å². The molecular weight excluding hydrogens is 1140 g/mol. The van der Waals surface area contributed by atoms with E-state index in [0.717, 1.165) is 55.8 Å². The number of hydrogen-bond donors (Lipinski definition) is 11. The third-order valence-electron chi connectivity index (χ3n) is 15.5. The lowest BCUT2D eigenvalue weighted by molar-refractivity contribution is -0.144. The van der Waals surface area contributed by atoms with Gasteiger partial charge in [0.1, 0.15) is 13.2 Å². The number of anilines is 2. The molecule has 0 radical (unpaired) electrons. The monoisotopic (exact) mass is 1220 g/mol. The molecule has 0 fully saturated rings. The summed E-state index contributed by atoms with van der Waals surface area (Å²) in [5, 5.41) is 40.5. The number of carboxylic acids is 1. The fourth-order valence-corrected chi connectivity index (χ4v) is 10.8. The molecule has 21 nitrogen and oxygen atoms in total. The Morgan fingerprint density at radius 3 is 1.19 bits per heavy atom. The summed E-state index contributed by atoms with van der Waals surface area (Å²) < 4.78 is 11.2. The van der Waals surface area contributed by atoms with Gasteiger partial charge in [0.25, 0.3) is 0 Å². The molecule has 4 atom stereocenters. The maximum atomic E-state index is 13.5. The molecule has 21 heteroatoms. The van der Waals surface area contributed by atoms with Crippen molar-refractivity contribution in [3.8, 4) is 22.3 Å². The van der Waals surface area contributed by atoms with Gasteiger partial charge in [-0.25, -0.2) is 19.2 Å². The number of ether oxygens (including phenoxy) is 2. The van der Waals surface area contributed by atoms with Gasteiger partial charge in [-0.3, -0.25) is 19.2 Å². The third kappa shape index (κ3) is 20.2.